The van der Waals surface area contributed by atoms with Gasteiger partial charge in [0.1, 0.15) is 11.6 Å². The average Bonchev–Trinajstić information content (AvgIpc) is 2.83. The maximum Gasteiger partial charge on any atom is 0.261 e. The first-order valence-electron chi connectivity index (χ1n) is 7.06. The number of ether oxygens (including phenoxy) is 1. The summed E-state index contributed by atoms with van der Waals surface area (Å²) in [6.07, 6.45) is -0.554. The fourth-order valence-electron chi connectivity index (χ4n) is 2.69. The van der Waals surface area contributed by atoms with Gasteiger partial charge in [0.05, 0.1) is 19.2 Å². The third-order valence-electron chi connectivity index (χ3n) is 3.96. The topological polar surface area (TPSA) is 75.6 Å². The lowest BCUT2D eigenvalue weighted by Crippen LogP contribution is -2.36. The first kappa shape index (κ1) is 16.4. The summed E-state index contributed by atoms with van der Waals surface area (Å²) in [6.45, 7) is 0. The van der Waals surface area contributed by atoms with E-state index in [1.807, 2.05) is 0 Å². The van der Waals surface area contributed by atoms with Crippen LogP contribution in [0.3, 0.4) is 0 Å². The molecule has 0 bridgehead atoms. The molecule has 1 heterocycles. The zero-order valence-corrected chi connectivity index (χ0v) is 13.4. The molecule has 2 aromatic carbocycles. The molecule has 0 saturated carbocycles. The SMILES string of the molecule is COc1ccc(C(=O)C[C@@]2(O)C(=O)Nc3c(F)ccc(Cl)c32)cc1. The van der Waals surface area contributed by atoms with Crippen LogP contribution in [0.1, 0.15) is 22.3 Å². The Hall–Kier alpha value is -2.44. The molecule has 1 aliphatic rings. The minimum Gasteiger partial charge on any atom is -0.497 e. The van der Waals surface area contributed by atoms with E-state index in [1.165, 1.54) is 25.3 Å². The Morgan fingerprint density at radius 1 is 1.29 bits per heavy atom. The molecule has 0 aliphatic carbocycles. The molecule has 124 valence electrons. The van der Waals surface area contributed by atoms with Crippen molar-refractivity contribution < 1.29 is 23.8 Å². The van der Waals surface area contributed by atoms with Gasteiger partial charge < -0.3 is 15.2 Å². The maximum absolute atomic E-state index is 13.8. The number of nitrogens with one attached hydrogen (secondary N) is 1. The van der Waals surface area contributed by atoms with Gasteiger partial charge >= 0.3 is 0 Å². The maximum atomic E-state index is 13.8. The van der Waals surface area contributed by atoms with Crippen LogP contribution in [0.2, 0.25) is 5.02 Å². The largest absolute Gasteiger partial charge is 0.497 e. The number of rotatable bonds is 4. The molecule has 0 radical (unpaired) electrons. The first-order valence-corrected chi connectivity index (χ1v) is 7.44. The molecule has 3 rings (SSSR count). The van der Waals surface area contributed by atoms with Gasteiger partial charge in [0.15, 0.2) is 11.4 Å². The average molecular weight is 350 g/mol. The smallest absolute Gasteiger partial charge is 0.261 e. The number of amides is 1. The van der Waals surface area contributed by atoms with Crippen molar-refractivity contribution in [3.8, 4) is 5.75 Å². The number of carbonyl (C=O) groups is 2. The van der Waals surface area contributed by atoms with Gasteiger partial charge in [0.25, 0.3) is 5.91 Å². The zero-order valence-electron chi connectivity index (χ0n) is 12.6. The van der Waals surface area contributed by atoms with Gasteiger partial charge in [-0.1, -0.05) is 11.6 Å². The molecule has 2 aromatic rings. The van der Waals surface area contributed by atoms with E-state index in [4.69, 9.17) is 16.3 Å². The van der Waals surface area contributed by atoms with Gasteiger partial charge in [-0.3, -0.25) is 9.59 Å². The van der Waals surface area contributed by atoms with Crippen molar-refractivity contribution in [2.45, 2.75) is 12.0 Å². The summed E-state index contributed by atoms with van der Waals surface area (Å²) >= 11 is 6.01. The second-order valence-electron chi connectivity index (χ2n) is 5.42. The van der Waals surface area contributed by atoms with Gasteiger partial charge in [0.2, 0.25) is 0 Å². The summed E-state index contributed by atoms with van der Waals surface area (Å²) in [6, 6.07) is 8.54. The predicted molar refractivity (Wildman–Crippen MR) is 85.9 cm³/mol. The summed E-state index contributed by atoms with van der Waals surface area (Å²) in [7, 11) is 1.50. The monoisotopic (exact) mass is 349 g/mol. The van der Waals surface area contributed by atoms with E-state index in [0.29, 0.717) is 5.75 Å². The minimum atomic E-state index is -2.22. The number of ketones is 1. The molecule has 0 aromatic heterocycles. The highest BCUT2D eigenvalue weighted by atomic mass is 35.5. The van der Waals surface area contributed by atoms with Gasteiger partial charge in [-0.25, -0.2) is 4.39 Å². The number of methoxy groups -OCH3 is 1. The molecule has 0 unspecified atom stereocenters. The van der Waals surface area contributed by atoms with Crippen LogP contribution in [0.25, 0.3) is 0 Å². The van der Waals surface area contributed by atoms with Crippen LogP contribution >= 0.6 is 11.6 Å². The normalized spacial score (nSPS) is 18.9. The minimum absolute atomic E-state index is 0.00906. The number of carbonyl (C=O) groups excluding carboxylic acids is 2. The Morgan fingerprint density at radius 3 is 2.58 bits per heavy atom. The van der Waals surface area contributed by atoms with Crippen molar-refractivity contribution in [2.75, 3.05) is 12.4 Å². The fourth-order valence-corrected chi connectivity index (χ4v) is 3.00. The van der Waals surface area contributed by atoms with Gasteiger partial charge in [-0.15, -0.1) is 0 Å². The number of hydrogen-bond donors (Lipinski definition) is 2. The quantitative estimate of drug-likeness (QED) is 0.832. The molecule has 5 nitrogen and oxygen atoms in total. The second kappa shape index (κ2) is 5.89. The Kier molecular flexibility index (Phi) is 4.03. The van der Waals surface area contributed by atoms with Gasteiger partial charge in [-0.05, 0) is 36.4 Å². The van der Waals surface area contributed by atoms with Crippen LogP contribution in [-0.2, 0) is 10.4 Å². The number of fused-ring (bicyclic) bond motifs is 1. The summed E-state index contributed by atoms with van der Waals surface area (Å²) in [5.41, 5.74) is -2.24. The molecular formula is C17H13ClFNO4. The zero-order chi connectivity index (χ0) is 17.5. The van der Waals surface area contributed by atoms with E-state index < -0.39 is 29.5 Å². The van der Waals surface area contributed by atoms with E-state index in [-0.39, 0.29) is 21.8 Å². The second-order valence-corrected chi connectivity index (χ2v) is 5.83. The third-order valence-corrected chi connectivity index (χ3v) is 4.27. The number of hydrogen-bond acceptors (Lipinski definition) is 4. The highest BCUT2D eigenvalue weighted by molar-refractivity contribution is 6.33. The highest BCUT2D eigenvalue weighted by Crippen LogP contribution is 2.44. The van der Waals surface area contributed by atoms with Crippen LogP contribution in [0, 0.1) is 5.82 Å². The molecule has 0 spiro atoms. The Labute approximate surface area is 142 Å². The van der Waals surface area contributed by atoms with E-state index >= 15 is 0 Å². The number of benzene rings is 2. The van der Waals surface area contributed by atoms with E-state index in [0.717, 1.165) is 6.07 Å². The molecule has 1 aliphatic heterocycles. The Morgan fingerprint density at radius 2 is 1.96 bits per heavy atom. The lowest BCUT2D eigenvalue weighted by Gasteiger charge is -2.21. The van der Waals surface area contributed by atoms with E-state index in [2.05, 4.69) is 5.32 Å². The van der Waals surface area contributed by atoms with Crippen molar-refractivity contribution in [1.82, 2.24) is 0 Å². The van der Waals surface area contributed by atoms with Crippen molar-refractivity contribution >= 4 is 29.0 Å². The summed E-state index contributed by atoms with van der Waals surface area (Å²) in [5, 5.41) is 13.0. The molecule has 24 heavy (non-hydrogen) atoms. The predicted octanol–water partition coefficient (Wildman–Crippen LogP) is 2.90. The first-order chi connectivity index (χ1) is 11.4. The highest BCUT2D eigenvalue weighted by Gasteiger charge is 2.49. The number of Topliss-reactive ketones (excluding diaryl/α,β-unsaturated/α-hetero) is 1. The Bertz CT molecular complexity index is 837. The lowest BCUT2D eigenvalue weighted by atomic mass is 9.88. The fraction of sp³-hybridized carbons (Fsp3) is 0.176. The molecular weight excluding hydrogens is 337 g/mol. The van der Waals surface area contributed by atoms with Crippen molar-refractivity contribution in [3.05, 3.63) is 58.4 Å². The van der Waals surface area contributed by atoms with Crippen LogP contribution < -0.4 is 10.1 Å². The molecule has 1 amide bonds. The molecule has 2 N–H and O–H groups in total. The van der Waals surface area contributed by atoms with Gasteiger partial charge in [-0.2, -0.15) is 0 Å². The molecule has 0 fully saturated rings. The lowest BCUT2D eigenvalue weighted by molar-refractivity contribution is -0.133. The number of halogens is 2. The summed E-state index contributed by atoms with van der Waals surface area (Å²) in [4.78, 5) is 24.6. The molecule has 0 saturated heterocycles. The van der Waals surface area contributed by atoms with Crippen molar-refractivity contribution in [1.29, 1.82) is 0 Å². The third kappa shape index (κ3) is 2.53. The van der Waals surface area contributed by atoms with Crippen LogP contribution in [0.5, 0.6) is 5.75 Å². The molecule has 7 heteroatoms. The van der Waals surface area contributed by atoms with Crippen molar-refractivity contribution in [2.24, 2.45) is 0 Å². The van der Waals surface area contributed by atoms with Crippen molar-refractivity contribution in [3.63, 3.8) is 0 Å². The standard InChI is InChI=1S/C17H13ClFNO4/c1-24-10-4-2-9(3-5-10)13(21)8-17(23)14-11(18)6-7-12(19)15(14)20-16(17)22/h2-7,23H,8H2,1H3,(H,20,22)/t17-/m0/s1. The molecule has 1 atom stereocenters. The van der Waals surface area contributed by atoms with Crippen LogP contribution in [-0.4, -0.2) is 23.9 Å². The van der Waals surface area contributed by atoms with Crippen LogP contribution in [0.4, 0.5) is 10.1 Å². The number of anilines is 1. The van der Waals surface area contributed by atoms with Gasteiger partial charge in [0, 0.05) is 16.1 Å². The summed E-state index contributed by atoms with van der Waals surface area (Å²) in [5.74, 6) is -1.52. The van der Waals surface area contributed by atoms with Crippen LogP contribution in [0.15, 0.2) is 36.4 Å². The summed E-state index contributed by atoms with van der Waals surface area (Å²) < 4.78 is 18.9. The number of aliphatic hydroxyl groups is 1. The van der Waals surface area contributed by atoms with E-state index in [1.54, 1.807) is 12.1 Å². The Balaban J connectivity index is 1.96. The van der Waals surface area contributed by atoms with E-state index in [9.17, 15) is 19.1 Å².